The third-order valence-electron chi connectivity index (χ3n) is 6.09. The lowest BCUT2D eigenvalue weighted by Gasteiger charge is -2.50. The maximum absolute atomic E-state index is 12.7. The van der Waals surface area contributed by atoms with Crippen LogP contribution in [0.1, 0.15) is 36.5 Å². The van der Waals surface area contributed by atoms with Gasteiger partial charge in [-0.05, 0) is 31.0 Å². The molecule has 1 aromatic heterocycles. The second-order valence-corrected chi connectivity index (χ2v) is 8.09. The molecule has 2 aromatic rings. The molecule has 3 heterocycles. The zero-order valence-corrected chi connectivity index (χ0v) is 17.1. The summed E-state index contributed by atoms with van der Waals surface area (Å²) in [4.78, 5) is 32.7. The van der Waals surface area contributed by atoms with Crippen molar-refractivity contribution < 1.29 is 18.8 Å². The molecule has 4 rings (SSSR count). The van der Waals surface area contributed by atoms with E-state index < -0.39 is 0 Å². The molecule has 0 aliphatic carbocycles. The van der Waals surface area contributed by atoms with E-state index in [1.54, 1.807) is 21.0 Å². The lowest BCUT2D eigenvalue weighted by molar-refractivity contribution is -0.144. The molecule has 1 atom stereocenters. The zero-order chi connectivity index (χ0) is 20.6. The summed E-state index contributed by atoms with van der Waals surface area (Å²) in [5.41, 5.74) is 0.915. The Hall–Kier alpha value is -2.90. The van der Waals surface area contributed by atoms with Crippen molar-refractivity contribution in [1.82, 2.24) is 19.9 Å². The number of aromatic nitrogens is 2. The fourth-order valence-electron chi connectivity index (χ4n) is 4.42. The molecule has 1 aromatic carbocycles. The van der Waals surface area contributed by atoms with E-state index in [0.29, 0.717) is 50.7 Å². The number of methoxy groups -OCH3 is 1. The summed E-state index contributed by atoms with van der Waals surface area (Å²) < 4.78 is 10.6. The molecule has 2 fully saturated rings. The van der Waals surface area contributed by atoms with Crippen molar-refractivity contribution in [2.45, 2.75) is 32.6 Å². The second-order valence-electron chi connectivity index (χ2n) is 8.09. The summed E-state index contributed by atoms with van der Waals surface area (Å²) >= 11 is 0. The highest BCUT2D eigenvalue weighted by Crippen LogP contribution is 2.48. The monoisotopic (exact) mass is 398 g/mol. The van der Waals surface area contributed by atoms with Crippen LogP contribution in [0.25, 0.3) is 0 Å². The lowest BCUT2D eigenvalue weighted by Crippen LogP contribution is -2.61. The van der Waals surface area contributed by atoms with E-state index in [4.69, 9.17) is 9.26 Å². The van der Waals surface area contributed by atoms with Crippen LogP contribution in [0.2, 0.25) is 0 Å². The first-order chi connectivity index (χ1) is 13.9. The van der Waals surface area contributed by atoms with E-state index in [0.717, 1.165) is 11.3 Å². The SMILES string of the molecule is COc1ccc(CCC(=O)N2CC3(CN(C(C)=O)CC3c3nc(C)no3)C2)cc1. The lowest BCUT2D eigenvalue weighted by atomic mass is 9.71. The van der Waals surface area contributed by atoms with E-state index in [1.807, 2.05) is 34.1 Å². The molecule has 0 bridgehead atoms. The van der Waals surface area contributed by atoms with Crippen molar-refractivity contribution in [3.8, 4) is 5.75 Å². The minimum atomic E-state index is -0.194. The summed E-state index contributed by atoms with van der Waals surface area (Å²) in [6, 6.07) is 7.79. The van der Waals surface area contributed by atoms with Gasteiger partial charge in [0.1, 0.15) is 5.75 Å². The van der Waals surface area contributed by atoms with Crippen molar-refractivity contribution >= 4 is 11.8 Å². The van der Waals surface area contributed by atoms with Crippen LogP contribution in [0.4, 0.5) is 0 Å². The highest BCUT2D eigenvalue weighted by molar-refractivity contribution is 5.78. The molecule has 29 heavy (non-hydrogen) atoms. The topological polar surface area (TPSA) is 88.8 Å². The van der Waals surface area contributed by atoms with Gasteiger partial charge >= 0.3 is 0 Å². The van der Waals surface area contributed by atoms with Gasteiger partial charge in [0.25, 0.3) is 0 Å². The summed E-state index contributed by atoms with van der Waals surface area (Å²) in [5.74, 6) is 2.10. The zero-order valence-electron chi connectivity index (χ0n) is 17.1. The molecule has 2 amide bonds. The highest BCUT2D eigenvalue weighted by atomic mass is 16.5. The molecular formula is C21H26N4O4. The largest absolute Gasteiger partial charge is 0.497 e. The Morgan fingerprint density at radius 1 is 1.21 bits per heavy atom. The average Bonchev–Trinajstić information content (AvgIpc) is 3.29. The number of carbonyl (C=O) groups is 2. The number of benzene rings is 1. The number of nitrogens with zero attached hydrogens (tertiary/aromatic N) is 4. The Morgan fingerprint density at radius 2 is 1.90 bits per heavy atom. The Balaban J connectivity index is 1.38. The van der Waals surface area contributed by atoms with Gasteiger partial charge in [0.2, 0.25) is 17.7 Å². The maximum Gasteiger partial charge on any atom is 0.232 e. The molecule has 1 unspecified atom stereocenters. The van der Waals surface area contributed by atoms with Crippen LogP contribution in [0.3, 0.4) is 0 Å². The predicted molar refractivity (Wildman–Crippen MR) is 104 cm³/mol. The smallest absolute Gasteiger partial charge is 0.232 e. The first-order valence-corrected chi connectivity index (χ1v) is 9.86. The third kappa shape index (κ3) is 3.71. The molecule has 0 N–H and O–H groups in total. The molecule has 8 heteroatoms. The third-order valence-corrected chi connectivity index (χ3v) is 6.09. The Labute approximate surface area is 169 Å². The molecule has 0 radical (unpaired) electrons. The number of carbonyl (C=O) groups excluding carboxylic acids is 2. The first-order valence-electron chi connectivity index (χ1n) is 9.86. The minimum absolute atomic E-state index is 0.0294. The van der Waals surface area contributed by atoms with Crippen LogP contribution in [-0.2, 0) is 16.0 Å². The Bertz CT molecular complexity index is 902. The van der Waals surface area contributed by atoms with Gasteiger partial charge in [0.05, 0.1) is 13.0 Å². The van der Waals surface area contributed by atoms with Crippen LogP contribution in [0.15, 0.2) is 28.8 Å². The molecule has 154 valence electrons. The van der Waals surface area contributed by atoms with Crippen LogP contribution < -0.4 is 4.74 Å². The van der Waals surface area contributed by atoms with Crippen LogP contribution >= 0.6 is 0 Å². The predicted octanol–water partition coefficient (Wildman–Crippen LogP) is 1.79. The number of rotatable bonds is 5. The van der Waals surface area contributed by atoms with Gasteiger partial charge in [-0.1, -0.05) is 17.3 Å². The van der Waals surface area contributed by atoms with Crippen molar-refractivity contribution in [2.75, 3.05) is 33.3 Å². The summed E-state index contributed by atoms with van der Waals surface area (Å²) in [5, 5.41) is 3.91. The van der Waals surface area contributed by atoms with Gasteiger partial charge in [0.15, 0.2) is 5.82 Å². The fourth-order valence-corrected chi connectivity index (χ4v) is 4.42. The van der Waals surface area contributed by atoms with Crippen LogP contribution in [0.5, 0.6) is 5.75 Å². The van der Waals surface area contributed by atoms with Gasteiger partial charge in [-0.3, -0.25) is 9.59 Å². The Kier molecular flexibility index (Phi) is 5.02. The Morgan fingerprint density at radius 3 is 2.48 bits per heavy atom. The number of hydrogen-bond donors (Lipinski definition) is 0. The fraction of sp³-hybridized carbons (Fsp3) is 0.524. The van der Waals surface area contributed by atoms with Gasteiger partial charge in [-0.25, -0.2) is 0 Å². The van der Waals surface area contributed by atoms with Crippen molar-refractivity contribution in [3.05, 3.63) is 41.5 Å². The highest BCUT2D eigenvalue weighted by Gasteiger charge is 2.58. The average molecular weight is 398 g/mol. The van der Waals surface area contributed by atoms with Crippen LogP contribution in [-0.4, -0.2) is 65.0 Å². The normalized spacial score (nSPS) is 20.0. The standard InChI is InChI=1S/C21H26N4O4/c1-14-22-20(29-23-14)18-10-24(15(2)26)11-21(18)12-25(13-21)19(27)9-6-16-4-7-17(28-3)8-5-16/h4-5,7-8,18H,6,9-13H2,1-3H3. The van der Waals surface area contributed by atoms with E-state index >= 15 is 0 Å². The second kappa shape index (κ2) is 7.50. The maximum atomic E-state index is 12.7. The van der Waals surface area contributed by atoms with E-state index in [9.17, 15) is 9.59 Å². The van der Waals surface area contributed by atoms with Gasteiger partial charge in [-0.2, -0.15) is 4.98 Å². The molecular weight excluding hydrogens is 372 g/mol. The molecule has 2 aliphatic rings. The molecule has 8 nitrogen and oxygen atoms in total. The van der Waals surface area contributed by atoms with Crippen molar-refractivity contribution in [2.24, 2.45) is 5.41 Å². The summed E-state index contributed by atoms with van der Waals surface area (Å²) in [6.07, 6.45) is 1.15. The van der Waals surface area contributed by atoms with E-state index in [1.165, 1.54) is 0 Å². The minimum Gasteiger partial charge on any atom is -0.497 e. The van der Waals surface area contributed by atoms with Gasteiger partial charge in [-0.15, -0.1) is 0 Å². The number of hydrogen-bond acceptors (Lipinski definition) is 6. The van der Waals surface area contributed by atoms with Crippen LogP contribution in [0, 0.1) is 12.3 Å². The summed E-state index contributed by atoms with van der Waals surface area (Å²) in [6.45, 7) is 5.77. The summed E-state index contributed by atoms with van der Waals surface area (Å²) in [7, 11) is 1.64. The molecule has 2 saturated heterocycles. The van der Waals surface area contributed by atoms with E-state index in [2.05, 4.69) is 10.1 Å². The quantitative estimate of drug-likeness (QED) is 0.763. The molecule has 1 spiro atoms. The van der Waals surface area contributed by atoms with Crippen molar-refractivity contribution in [1.29, 1.82) is 0 Å². The molecule has 2 aliphatic heterocycles. The number of aryl methyl sites for hydroxylation is 2. The number of ether oxygens (including phenoxy) is 1. The molecule has 0 saturated carbocycles. The van der Waals surface area contributed by atoms with Gasteiger partial charge < -0.3 is 19.1 Å². The van der Waals surface area contributed by atoms with Crippen molar-refractivity contribution in [3.63, 3.8) is 0 Å². The number of likely N-dealkylation sites (tertiary alicyclic amines) is 2. The van der Waals surface area contributed by atoms with E-state index in [-0.39, 0.29) is 23.1 Å². The van der Waals surface area contributed by atoms with Gasteiger partial charge in [0, 0.05) is 44.9 Å². The number of amides is 2. The first kappa shape index (κ1) is 19.4.